The average molecular weight is 452 g/mol. The van der Waals surface area contributed by atoms with Crippen LogP contribution >= 0.6 is 0 Å². The van der Waals surface area contributed by atoms with Gasteiger partial charge in [-0.15, -0.1) is 0 Å². The number of imidazole rings is 1. The lowest BCUT2D eigenvalue weighted by Crippen LogP contribution is -2.38. The second kappa shape index (κ2) is 10.3. The van der Waals surface area contributed by atoms with Crippen LogP contribution in [0, 0.1) is 11.8 Å². The molecule has 7 N–H and O–H groups in total. The topological polar surface area (TPSA) is 183 Å². The lowest BCUT2D eigenvalue weighted by Gasteiger charge is -2.16. The first kappa shape index (κ1) is 23.2. The number of aromatic nitrogens is 4. The maximum atomic E-state index is 11.0. The summed E-state index contributed by atoms with van der Waals surface area (Å²) in [5.74, 6) is 6.76. The molecular weight excluding hydrogens is 424 g/mol. The van der Waals surface area contributed by atoms with Crippen LogP contribution in [0.25, 0.3) is 11.2 Å². The fourth-order valence-corrected chi connectivity index (χ4v) is 5.36. The number of nitrogen functional groups attached to an aromatic ring is 1. The van der Waals surface area contributed by atoms with Crippen molar-refractivity contribution >= 4 is 33.8 Å². The highest BCUT2D eigenvalue weighted by atomic mass is 32.2. The van der Waals surface area contributed by atoms with Crippen LogP contribution in [0.5, 0.6) is 0 Å². The van der Waals surface area contributed by atoms with Gasteiger partial charge in [0, 0.05) is 23.7 Å². The molecule has 1 aliphatic heterocycles. The minimum atomic E-state index is -1.20. The van der Waals surface area contributed by atoms with E-state index in [1.165, 1.54) is 17.2 Å². The molecule has 3 rings (SSSR count). The van der Waals surface area contributed by atoms with Crippen LogP contribution in [0.3, 0.4) is 0 Å². The van der Waals surface area contributed by atoms with Gasteiger partial charge in [0.1, 0.15) is 47.7 Å². The highest BCUT2D eigenvalue weighted by Crippen LogP contribution is 2.32. The van der Waals surface area contributed by atoms with E-state index >= 15 is 0 Å². The summed E-state index contributed by atoms with van der Waals surface area (Å²) in [6, 6.07) is -0.954. The van der Waals surface area contributed by atoms with Crippen LogP contribution in [0.1, 0.15) is 26.0 Å². The van der Waals surface area contributed by atoms with Gasteiger partial charge in [-0.25, -0.2) is 15.0 Å². The van der Waals surface area contributed by atoms with Crippen molar-refractivity contribution in [3.63, 3.8) is 0 Å². The van der Waals surface area contributed by atoms with Gasteiger partial charge < -0.3 is 31.5 Å². The van der Waals surface area contributed by atoms with E-state index in [0.717, 1.165) is 0 Å². The SMILES string of the molecule is CCC#CC[S@+](CC[C@H](N)C(=O)O)C[C@H]1O[C@@H](n2cnc3c(N)ncnc32)[C@H](O)[C@@H]1O. The molecule has 0 amide bonds. The van der Waals surface area contributed by atoms with Gasteiger partial charge in [-0.3, -0.25) is 9.36 Å². The van der Waals surface area contributed by atoms with Gasteiger partial charge in [0.15, 0.2) is 23.4 Å². The maximum Gasteiger partial charge on any atom is 0.320 e. The molecule has 0 aromatic carbocycles. The highest BCUT2D eigenvalue weighted by molar-refractivity contribution is 7.97. The number of fused-ring (bicyclic) bond motifs is 1. The normalized spacial score (nSPS) is 25.2. The summed E-state index contributed by atoms with van der Waals surface area (Å²) < 4.78 is 7.53. The van der Waals surface area contributed by atoms with Crippen molar-refractivity contribution in [2.75, 3.05) is 23.0 Å². The molecule has 2 aromatic rings. The lowest BCUT2D eigenvalue weighted by atomic mass is 10.1. The summed E-state index contributed by atoms with van der Waals surface area (Å²) in [4.78, 5) is 23.3. The summed E-state index contributed by atoms with van der Waals surface area (Å²) >= 11 is 0. The Labute approximate surface area is 182 Å². The quantitative estimate of drug-likeness (QED) is 0.243. The number of aliphatic carboxylic acids is 1. The summed E-state index contributed by atoms with van der Waals surface area (Å²) in [5, 5.41) is 30.3. The number of nitrogens with two attached hydrogens (primary N) is 2. The molecule has 1 aliphatic rings. The number of carboxylic acid groups (broad SMARTS) is 1. The van der Waals surface area contributed by atoms with E-state index in [2.05, 4.69) is 26.8 Å². The molecule has 1 saturated heterocycles. The number of aliphatic hydroxyl groups is 2. The number of ether oxygens (including phenoxy) is 1. The fraction of sp³-hybridized carbons (Fsp3) is 0.579. The Morgan fingerprint density at radius 2 is 2.10 bits per heavy atom. The number of hydrogen-bond acceptors (Lipinski definition) is 9. The Morgan fingerprint density at radius 3 is 2.81 bits per heavy atom. The Kier molecular flexibility index (Phi) is 7.69. The lowest BCUT2D eigenvalue weighted by molar-refractivity contribution is -0.138. The van der Waals surface area contributed by atoms with Crippen LogP contribution in [0.4, 0.5) is 5.82 Å². The molecule has 1 fully saturated rings. The van der Waals surface area contributed by atoms with E-state index in [-0.39, 0.29) is 16.7 Å². The van der Waals surface area contributed by atoms with E-state index in [4.69, 9.17) is 21.3 Å². The van der Waals surface area contributed by atoms with Crippen LogP contribution in [0.2, 0.25) is 0 Å². The average Bonchev–Trinajstić information content (AvgIpc) is 3.29. The first-order chi connectivity index (χ1) is 14.8. The number of nitrogens with zero attached hydrogens (tertiary/aromatic N) is 4. The van der Waals surface area contributed by atoms with E-state index in [0.29, 0.717) is 41.3 Å². The minimum Gasteiger partial charge on any atom is -0.480 e. The molecule has 31 heavy (non-hydrogen) atoms. The monoisotopic (exact) mass is 451 g/mol. The minimum absolute atomic E-state index is 0.208. The Bertz CT molecular complexity index is 976. The molecular formula is C19H27N6O5S+. The van der Waals surface area contributed by atoms with Crippen LogP contribution < -0.4 is 11.5 Å². The predicted molar refractivity (Wildman–Crippen MR) is 116 cm³/mol. The van der Waals surface area contributed by atoms with Gasteiger partial charge in [0.05, 0.1) is 6.33 Å². The molecule has 0 aliphatic carbocycles. The number of carbonyl (C=O) groups is 1. The molecule has 11 nitrogen and oxygen atoms in total. The number of anilines is 1. The van der Waals surface area contributed by atoms with Gasteiger partial charge in [-0.2, -0.15) is 0 Å². The van der Waals surface area contributed by atoms with Crippen molar-refractivity contribution in [1.82, 2.24) is 19.5 Å². The smallest absolute Gasteiger partial charge is 0.320 e. The molecule has 6 atom stereocenters. The molecule has 2 aromatic heterocycles. The molecule has 0 spiro atoms. The summed E-state index contributed by atoms with van der Waals surface area (Å²) in [6.45, 7) is 1.95. The third-order valence-corrected chi connectivity index (χ3v) is 7.18. The van der Waals surface area contributed by atoms with Crippen molar-refractivity contribution in [1.29, 1.82) is 0 Å². The zero-order valence-electron chi connectivity index (χ0n) is 17.1. The van der Waals surface area contributed by atoms with Gasteiger partial charge >= 0.3 is 5.97 Å². The van der Waals surface area contributed by atoms with Crippen molar-refractivity contribution in [3.8, 4) is 11.8 Å². The van der Waals surface area contributed by atoms with E-state index in [9.17, 15) is 15.0 Å². The number of carboxylic acids is 1. The van der Waals surface area contributed by atoms with Crippen molar-refractivity contribution in [3.05, 3.63) is 12.7 Å². The second-order valence-corrected chi connectivity index (χ2v) is 9.45. The van der Waals surface area contributed by atoms with Gasteiger partial charge in [-0.1, -0.05) is 12.8 Å². The van der Waals surface area contributed by atoms with Crippen LogP contribution in [-0.2, 0) is 20.4 Å². The molecule has 12 heteroatoms. The highest BCUT2D eigenvalue weighted by Gasteiger charge is 2.47. The molecule has 168 valence electrons. The molecule has 0 saturated carbocycles. The number of aliphatic hydroxyl groups excluding tert-OH is 2. The third kappa shape index (κ3) is 5.25. The van der Waals surface area contributed by atoms with E-state index in [1.807, 2.05) is 6.92 Å². The van der Waals surface area contributed by atoms with Gasteiger partial charge in [0.25, 0.3) is 0 Å². The Balaban J connectivity index is 1.74. The molecule has 0 radical (unpaired) electrons. The largest absolute Gasteiger partial charge is 0.480 e. The van der Waals surface area contributed by atoms with Crippen LogP contribution in [0.15, 0.2) is 12.7 Å². The van der Waals surface area contributed by atoms with Crippen molar-refractivity contribution < 1.29 is 24.9 Å². The first-order valence-corrected chi connectivity index (χ1v) is 11.6. The Morgan fingerprint density at radius 1 is 1.32 bits per heavy atom. The zero-order valence-corrected chi connectivity index (χ0v) is 17.9. The fourth-order valence-electron chi connectivity index (χ4n) is 3.29. The standard InChI is InChI=1S/C19H26N6O5S/c1-2-3-4-6-31(7-5-11(20)19(28)29)8-12-14(26)15(27)18(30-12)25-10-24-13-16(21)22-9-23-17(13)25/h9-12,14-15,18,26-27H,2,5-8,20H2,1H3,(H2-,21,22,23,28,29)/p+1/t11-,12+,14+,15+,18+,31+/m0/s1. The van der Waals surface area contributed by atoms with Crippen molar-refractivity contribution in [2.45, 2.75) is 50.3 Å². The van der Waals surface area contributed by atoms with Gasteiger partial charge in [0.2, 0.25) is 0 Å². The van der Waals surface area contributed by atoms with E-state index in [1.54, 1.807) is 0 Å². The second-order valence-electron chi connectivity index (χ2n) is 7.20. The summed E-state index contributed by atoms with van der Waals surface area (Å²) in [6.07, 6.45) is -0.150. The summed E-state index contributed by atoms with van der Waals surface area (Å²) in [7, 11) is -0.365. The maximum absolute atomic E-state index is 11.0. The molecule has 3 heterocycles. The van der Waals surface area contributed by atoms with Gasteiger partial charge in [-0.05, 0) is 5.92 Å². The van der Waals surface area contributed by atoms with Crippen LogP contribution in [-0.4, -0.2) is 82.4 Å². The summed E-state index contributed by atoms with van der Waals surface area (Å²) in [5.41, 5.74) is 12.2. The first-order valence-electron chi connectivity index (χ1n) is 9.86. The Hall–Kier alpha value is -2.43. The molecule has 0 unspecified atom stereocenters. The zero-order chi connectivity index (χ0) is 22.5. The van der Waals surface area contributed by atoms with E-state index < -0.39 is 36.6 Å². The number of hydrogen-bond donors (Lipinski definition) is 5. The molecule has 0 bridgehead atoms. The third-order valence-electron chi connectivity index (χ3n) is 5.01. The number of rotatable bonds is 8. The predicted octanol–water partition coefficient (Wildman–Crippen LogP) is -1.14. The van der Waals surface area contributed by atoms with Crippen molar-refractivity contribution in [2.24, 2.45) is 5.73 Å².